The van der Waals surface area contributed by atoms with Gasteiger partial charge in [0.1, 0.15) is 0 Å². The number of fused-ring (bicyclic) bond motifs is 2. The van der Waals surface area contributed by atoms with Crippen LogP contribution in [0, 0.1) is 19.7 Å². The molecule has 1 saturated heterocycles. The number of anilines is 2. The zero-order valence-corrected chi connectivity index (χ0v) is 18.8. The summed E-state index contributed by atoms with van der Waals surface area (Å²) in [6, 6.07) is 8.53. The number of amides is 1. The highest BCUT2D eigenvalue weighted by atomic mass is 19.1. The van der Waals surface area contributed by atoms with E-state index in [9.17, 15) is 9.18 Å². The van der Waals surface area contributed by atoms with E-state index in [1.807, 2.05) is 19.1 Å². The minimum atomic E-state index is -0.472. The zero-order valence-electron chi connectivity index (χ0n) is 18.8. The van der Waals surface area contributed by atoms with Crippen molar-refractivity contribution in [3.05, 3.63) is 59.4 Å². The summed E-state index contributed by atoms with van der Waals surface area (Å²) in [5.41, 5.74) is 4.84. The molecule has 1 atom stereocenters. The van der Waals surface area contributed by atoms with E-state index in [4.69, 9.17) is 0 Å². The van der Waals surface area contributed by atoms with Crippen LogP contribution in [-0.4, -0.2) is 45.4 Å². The summed E-state index contributed by atoms with van der Waals surface area (Å²) in [4.78, 5) is 23.1. The molecule has 0 radical (unpaired) electrons. The Balaban J connectivity index is 1.29. The molecule has 2 fully saturated rings. The first-order valence-electron chi connectivity index (χ1n) is 11.5. The number of pyridine rings is 1. The molecule has 4 aromatic rings. The van der Waals surface area contributed by atoms with E-state index in [-0.39, 0.29) is 11.6 Å². The molecule has 2 aliphatic rings. The third kappa shape index (κ3) is 3.74. The van der Waals surface area contributed by atoms with Crippen molar-refractivity contribution >= 4 is 33.8 Å². The molecule has 3 N–H and O–H groups in total. The summed E-state index contributed by atoms with van der Waals surface area (Å²) in [5.74, 6) is -0.751. The van der Waals surface area contributed by atoms with Gasteiger partial charge in [-0.2, -0.15) is 0 Å². The van der Waals surface area contributed by atoms with Gasteiger partial charge >= 0.3 is 0 Å². The second-order valence-corrected chi connectivity index (χ2v) is 9.39. The summed E-state index contributed by atoms with van der Waals surface area (Å²) < 4.78 is 16.1. The molecule has 7 nitrogen and oxygen atoms in total. The summed E-state index contributed by atoms with van der Waals surface area (Å²) in [7, 11) is 0. The number of aromatic amines is 1. The van der Waals surface area contributed by atoms with Crippen LogP contribution in [0.5, 0.6) is 0 Å². The van der Waals surface area contributed by atoms with E-state index >= 15 is 0 Å². The number of hydrogen-bond donors (Lipinski definition) is 3. The van der Waals surface area contributed by atoms with Crippen LogP contribution in [-0.2, 0) is 0 Å². The van der Waals surface area contributed by atoms with Gasteiger partial charge < -0.3 is 24.9 Å². The number of aromatic nitrogens is 3. The summed E-state index contributed by atoms with van der Waals surface area (Å²) in [5, 5.41) is 7.63. The molecule has 1 amide bonds. The first-order chi connectivity index (χ1) is 15.9. The lowest BCUT2D eigenvalue weighted by Gasteiger charge is -2.21. The predicted molar refractivity (Wildman–Crippen MR) is 128 cm³/mol. The molecule has 0 spiro atoms. The molecule has 0 bridgehead atoms. The Morgan fingerprint density at radius 3 is 2.82 bits per heavy atom. The Hall–Kier alpha value is -3.39. The third-order valence-electron chi connectivity index (χ3n) is 6.61. The Morgan fingerprint density at radius 2 is 2.00 bits per heavy atom. The number of imidazole rings is 1. The molecule has 1 aliphatic carbocycles. The molecular formula is C25H27FN6O. The molecule has 170 valence electrons. The predicted octanol–water partition coefficient (Wildman–Crippen LogP) is 4.15. The molecule has 1 saturated carbocycles. The number of rotatable bonds is 5. The van der Waals surface area contributed by atoms with Crippen molar-refractivity contribution in [2.75, 3.05) is 23.3 Å². The van der Waals surface area contributed by atoms with E-state index in [1.165, 1.54) is 18.9 Å². The van der Waals surface area contributed by atoms with Gasteiger partial charge in [-0.3, -0.25) is 4.79 Å². The van der Waals surface area contributed by atoms with Crippen molar-refractivity contribution in [1.82, 2.24) is 19.7 Å². The first kappa shape index (κ1) is 20.2. The van der Waals surface area contributed by atoms with Gasteiger partial charge in [-0.1, -0.05) is 0 Å². The maximum absolute atomic E-state index is 14.5. The molecule has 1 aromatic carbocycles. The maximum atomic E-state index is 14.5. The largest absolute Gasteiger partial charge is 0.369 e. The summed E-state index contributed by atoms with van der Waals surface area (Å²) in [6.07, 6.45) is 7.12. The number of nitrogens with one attached hydrogen (secondary N) is 3. The number of carbonyl (C=O) groups is 1. The van der Waals surface area contributed by atoms with Crippen LogP contribution in [0.3, 0.4) is 0 Å². The van der Waals surface area contributed by atoms with Crippen LogP contribution in [0.2, 0.25) is 0 Å². The summed E-state index contributed by atoms with van der Waals surface area (Å²) >= 11 is 0. The van der Waals surface area contributed by atoms with E-state index in [0.717, 1.165) is 41.8 Å². The lowest BCUT2D eigenvalue weighted by molar-refractivity contribution is 0.102. The second-order valence-electron chi connectivity index (χ2n) is 9.39. The number of hydrogen-bond acceptors (Lipinski definition) is 4. The van der Waals surface area contributed by atoms with Gasteiger partial charge in [-0.15, -0.1) is 0 Å². The zero-order chi connectivity index (χ0) is 22.7. The number of H-pyrrole nitrogens is 1. The average molecular weight is 447 g/mol. The molecule has 6 rings (SSSR count). The van der Waals surface area contributed by atoms with E-state index < -0.39 is 5.82 Å². The fourth-order valence-corrected chi connectivity index (χ4v) is 4.95. The number of halogens is 1. The minimum Gasteiger partial charge on any atom is -0.369 e. The number of nitrogens with zero attached hydrogens (tertiary/aromatic N) is 3. The van der Waals surface area contributed by atoms with Crippen LogP contribution in [0.1, 0.15) is 41.0 Å². The van der Waals surface area contributed by atoms with Gasteiger partial charge in [0, 0.05) is 60.4 Å². The highest BCUT2D eigenvalue weighted by molar-refractivity contribution is 6.14. The standard InChI is InChI=1S/C25H27FN6O/c1-14-9-20-22(31-8-7-17(12-31)29-16-3-4-16)6-5-19(23(20)27-14)25(33)30-18-10-21(26)24-28-15(2)11-32(24)13-18/h5-6,9-11,13,16-17,27,29H,3-4,7-8,12H2,1-2H3,(H,30,33). The normalized spacial score (nSPS) is 18.5. The molecule has 1 unspecified atom stereocenters. The van der Waals surface area contributed by atoms with Gasteiger partial charge in [0.25, 0.3) is 5.91 Å². The van der Waals surface area contributed by atoms with Gasteiger partial charge in [-0.05, 0) is 51.3 Å². The molecular weight excluding hydrogens is 419 g/mol. The Bertz CT molecular complexity index is 1380. The lowest BCUT2D eigenvalue weighted by atomic mass is 10.1. The van der Waals surface area contributed by atoms with Crippen molar-refractivity contribution in [1.29, 1.82) is 0 Å². The van der Waals surface area contributed by atoms with Gasteiger partial charge in [0.2, 0.25) is 0 Å². The van der Waals surface area contributed by atoms with Crippen LogP contribution >= 0.6 is 0 Å². The van der Waals surface area contributed by atoms with Gasteiger partial charge in [0.05, 0.1) is 22.5 Å². The summed E-state index contributed by atoms with van der Waals surface area (Å²) in [6.45, 7) is 5.78. The Morgan fingerprint density at radius 1 is 1.15 bits per heavy atom. The smallest absolute Gasteiger partial charge is 0.257 e. The van der Waals surface area contributed by atoms with Crippen LogP contribution < -0.4 is 15.5 Å². The van der Waals surface area contributed by atoms with Crippen molar-refractivity contribution in [2.24, 2.45) is 0 Å². The van der Waals surface area contributed by atoms with Crippen molar-refractivity contribution in [3.63, 3.8) is 0 Å². The quantitative estimate of drug-likeness (QED) is 0.430. The maximum Gasteiger partial charge on any atom is 0.257 e. The second kappa shape index (κ2) is 7.59. The van der Waals surface area contributed by atoms with Crippen LogP contribution in [0.15, 0.2) is 36.7 Å². The molecule has 3 aromatic heterocycles. The monoisotopic (exact) mass is 446 g/mol. The van der Waals surface area contributed by atoms with Gasteiger partial charge in [0.15, 0.2) is 11.5 Å². The first-order valence-corrected chi connectivity index (χ1v) is 11.5. The number of aryl methyl sites for hydroxylation is 2. The lowest BCUT2D eigenvalue weighted by Crippen LogP contribution is -2.34. The number of carbonyl (C=O) groups excluding carboxylic acids is 1. The fraction of sp³-hybridized carbons (Fsp3) is 0.360. The molecule has 33 heavy (non-hydrogen) atoms. The van der Waals surface area contributed by atoms with Gasteiger partial charge in [-0.25, -0.2) is 9.37 Å². The average Bonchev–Trinajstić information content (AvgIpc) is 3.13. The number of benzene rings is 1. The van der Waals surface area contributed by atoms with Crippen LogP contribution in [0.4, 0.5) is 15.8 Å². The SMILES string of the molecule is Cc1cn2cc(NC(=O)c3ccc(N4CCC(NC5CC5)C4)c4cc(C)[nH]c34)cc(F)c2n1. The molecule has 1 aliphatic heterocycles. The van der Waals surface area contributed by atoms with Crippen LogP contribution in [0.25, 0.3) is 16.6 Å². The van der Waals surface area contributed by atoms with E-state index in [0.29, 0.717) is 29.0 Å². The highest BCUT2D eigenvalue weighted by Crippen LogP contribution is 2.33. The Labute approximate surface area is 191 Å². The third-order valence-corrected chi connectivity index (χ3v) is 6.61. The van der Waals surface area contributed by atoms with Crippen molar-refractivity contribution < 1.29 is 9.18 Å². The van der Waals surface area contributed by atoms with Crippen molar-refractivity contribution in [2.45, 2.75) is 45.2 Å². The molecule has 4 heterocycles. The molecule has 8 heteroatoms. The van der Waals surface area contributed by atoms with E-state index in [2.05, 4.69) is 31.6 Å². The topological polar surface area (TPSA) is 77.5 Å². The van der Waals surface area contributed by atoms with Crippen molar-refractivity contribution in [3.8, 4) is 0 Å². The van der Waals surface area contributed by atoms with E-state index in [1.54, 1.807) is 23.7 Å². The fourth-order valence-electron chi connectivity index (χ4n) is 4.95. The highest BCUT2D eigenvalue weighted by Gasteiger charge is 2.30. The Kier molecular flexibility index (Phi) is 4.65. The minimum absolute atomic E-state index is 0.248.